The Balaban J connectivity index is 1.82. The van der Waals surface area contributed by atoms with Gasteiger partial charge < -0.3 is 10.1 Å². The van der Waals surface area contributed by atoms with Crippen molar-refractivity contribution in [3.05, 3.63) is 72.0 Å². The van der Waals surface area contributed by atoms with E-state index in [0.29, 0.717) is 11.5 Å². The Morgan fingerprint density at radius 1 is 1.09 bits per heavy atom. The first-order chi connectivity index (χ1) is 15.4. The summed E-state index contributed by atoms with van der Waals surface area (Å²) in [6.07, 6.45) is 2.12. The summed E-state index contributed by atoms with van der Waals surface area (Å²) in [5.41, 5.74) is 0.791. The Morgan fingerprint density at radius 2 is 1.81 bits per heavy atom. The van der Waals surface area contributed by atoms with Gasteiger partial charge >= 0.3 is 0 Å². The maximum atomic E-state index is 14.1. The van der Waals surface area contributed by atoms with Crippen LogP contribution in [0.2, 0.25) is 0 Å². The molecule has 0 heterocycles. The molecule has 0 fully saturated rings. The van der Waals surface area contributed by atoms with E-state index in [4.69, 9.17) is 4.74 Å². The third kappa shape index (κ3) is 5.59. The third-order valence-corrected chi connectivity index (χ3v) is 7.16. The quantitative estimate of drug-likeness (QED) is 0.466. The van der Waals surface area contributed by atoms with Crippen molar-refractivity contribution in [3.8, 4) is 5.75 Å². The molecule has 32 heavy (non-hydrogen) atoms. The first kappa shape index (κ1) is 24.0. The lowest BCUT2D eigenvalue weighted by molar-refractivity contribution is -0.122. The normalized spacial score (nSPS) is 12.5. The van der Waals surface area contributed by atoms with E-state index in [1.165, 1.54) is 30.0 Å². The molecule has 6 nitrogen and oxygen atoms in total. The molecule has 170 valence electrons. The minimum absolute atomic E-state index is 0.153. The highest BCUT2D eigenvalue weighted by Gasteiger charge is 2.27. The van der Waals surface area contributed by atoms with Crippen LogP contribution in [0.3, 0.4) is 0 Å². The summed E-state index contributed by atoms with van der Waals surface area (Å²) < 4.78 is 47.3. The Labute approximate surface area is 191 Å². The van der Waals surface area contributed by atoms with E-state index >= 15 is 0 Å². The number of fused-ring (bicyclic) bond motifs is 1. The largest absolute Gasteiger partial charge is 0.496 e. The van der Waals surface area contributed by atoms with E-state index in [-0.39, 0.29) is 13.0 Å². The van der Waals surface area contributed by atoms with Crippen LogP contribution >= 0.6 is 11.8 Å². The zero-order valence-corrected chi connectivity index (χ0v) is 19.4. The van der Waals surface area contributed by atoms with E-state index in [9.17, 15) is 17.6 Å². The number of carbonyl (C=O) groups excluding carboxylic acids is 1. The predicted molar refractivity (Wildman–Crippen MR) is 126 cm³/mol. The monoisotopic (exact) mass is 476 g/mol. The molecule has 0 aliphatic heterocycles. The lowest BCUT2D eigenvalue weighted by Crippen LogP contribution is -2.47. The summed E-state index contributed by atoms with van der Waals surface area (Å²) in [5, 5.41) is 4.74. The van der Waals surface area contributed by atoms with Crippen molar-refractivity contribution >= 4 is 38.5 Å². The van der Waals surface area contributed by atoms with Crippen LogP contribution in [-0.4, -0.2) is 39.5 Å². The Hall–Kier alpha value is -2.62. The number of nitrogens with one attached hydrogen (secondary N) is 2. The molecule has 1 atom stereocenters. The number of hydrogen-bond donors (Lipinski definition) is 2. The molecule has 0 saturated carbocycles. The van der Waals surface area contributed by atoms with E-state index < -0.39 is 32.7 Å². The highest BCUT2D eigenvalue weighted by Crippen LogP contribution is 2.28. The first-order valence-electron chi connectivity index (χ1n) is 9.95. The number of methoxy groups -OCH3 is 1. The number of rotatable bonds is 10. The summed E-state index contributed by atoms with van der Waals surface area (Å²) in [6, 6.07) is 15.5. The van der Waals surface area contributed by atoms with E-state index in [0.717, 1.165) is 22.4 Å². The van der Waals surface area contributed by atoms with Gasteiger partial charge in [0.1, 0.15) is 22.5 Å². The van der Waals surface area contributed by atoms with Gasteiger partial charge in [0.2, 0.25) is 15.9 Å². The Morgan fingerprint density at radius 3 is 2.53 bits per heavy atom. The summed E-state index contributed by atoms with van der Waals surface area (Å²) in [6.45, 7) is 0.153. The molecule has 3 aromatic rings. The van der Waals surface area contributed by atoms with Crippen molar-refractivity contribution in [2.75, 3.05) is 19.1 Å². The molecule has 0 aliphatic rings. The molecule has 0 aliphatic carbocycles. The molecule has 3 aromatic carbocycles. The van der Waals surface area contributed by atoms with Gasteiger partial charge in [-0.1, -0.05) is 42.5 Å². The van der Waals surface area contributed by atoms with Crippen LogP contribution < -0.4 is 14.8 Å². The van der Waals surface area contributed by atoms with Crippen LogP contribution in [0.15, 0.2) is 65.6 Å². The average molecular weight is 477 g/mol. The maximum absolute atomic E-state index is 14.1. The SMILES string of the molecule is COc1ccc2ccccc2c1CNC(=O)C(CCSC)NS(=O)(=O)c1ccccc1F. The van der Waals surface area contributed by atoms with Gasteiger partial charge in [-0.05, 0) is 47.4 Å². The van der Waals surface area contributed by atoms with Crippen LogP contribution in [0.1, 0.15) is 12.0 Å². The first-order valence-corrected chi connectivity index (χ1v) is 12.8. The number of carbonyl (C=O) groups is 1. The van der Waals surface area contributed by atoms with Crippen molar-refractivity contribution in [2.24, 2.45) is 0 Å². The van der Waals surface area contributed by atoms with Gasteiger partial charge in [-0.15, -0.1) is 0 Å². The molecule has 0 aromatic heterocycles. The molecule has 1 amide bonds. The second kappa shape index (κ2) is 10.8. The third-order valence-electron chi connectivity index (χ3n) is 5.01. The zero-order chi connectivity index (χ0) is 23.1. The molecule has 0 bridgehead atoms. The number of hydrogen-bond acceptors (Lipinski definition) is 5. The van der Waals surface area contributed by atoms with Gasteiger partial charge in [0.05, 0.1) is 7.11 Å². The fourth-order valence-electron chi connectivity index (χ4n) is 3.38. The van der Waals surface area contributed by atoms with E-state index in [1.807, 2.05) is 42.7 Å². The van der Waals surface area contributed by atoms with Crippen LogP contribution in [0.4, 0.5) is 4.39 Å². The number of ether oxygens (including phenoxy) is 1. The van der Waals surface area contributed by atoms with Crippen LogP contribution in [0.25, 0.3) is 10.8 Å². The van der Waals surface area contributed by atoms with Crippen molar-refractivity contribution < 1.29 is 22.3 Å². The highest BCUT2D eigenvalue weighted by molar-refractivity contribution is 7.98. The number of thioether (sulfide) groups is 1. The van der Waals surface area contributed by atoms with Gasteiger partial charge in [0.25, 0.3) is 0 Å². The molecule has 9 heteroatoms. The van der Waals surface area contributed by atoms with Crippen LogP contribution in [0.5, 0.6) is 5.75 Å². The number of amides is 1. The number of sulfonamides is 1. The fraction of sp³-hybridized carbons (Fsp3) is 0.261. The molecule has 0 radical (unpaired) electrons. The Bertz CT molecular complexity index is 1200. The molecular formula is C23H25FN2O4S2. The minimum Gasteiger partial charge on any atom is -0.496 e. The van der Waals surface area contributed by atoms with Crippen LogP contribution in [-0.2, 0) is 21.4 Å². The average Bonchev–Trinajstić information content (AvgIpc) is 2.79. The van der Waals surface area contributed by atoms with Crippen molar-refractivity contribution in [3.63, 3.8) is 0 Å². The smallest absolute Gasteiger partial charge is 0.244 e. The maximum Gasteiger partial charge on any atom is 0.244 e. The molecule has 0 saturated heterocycles. The van der Waals surface area contributed by atoms with Crippen molar-refractivity contribution in [1.82, 2.24) is 10.0 Å². The van der Waals surface area contributed by atoms with Gasteiger partial charge in [0, 0.05) is 12.1 Å². The van der Waals surface area contributed by atoms with Crippen molar-refractivity contribution in [2.45, 2.75) is 23.9 Å². The predicted octanol–water partition coefficient (Wildman–Crippen LogP) is 3.70. The van der Waals surface area contributed by atoms with Crippen molar-refractivity contribution in [1.29, 1.82) is 0 Å². The van der Waals surface area contributed by atoms with Gasteiger partial charge in [-0.25, -0.2) is 12.8 Å². The van der Waals surface area contributed by atoms with E-state index in [1.54, 1.807) is 7.11 Å². The van der Waals surface area contributed by atoms with Gasteiger partial charge in [-0.3, -0.25) is 4.79 Å². The minimum atomic E-state index is -4.22. The fourth-order valence-corrected chi connectivity index (χ4v) is 5.16. The summed E-state index contributed by atoms with van der Waals surface area (Å²) >= 11 is 1.49. The second-order valence-electron chi connectivity index (χ2n) is 7.07. The van der Waals surface area contributed by atoms with Gasteiger partial charge in [0.15, 0.2) is 0 Å². The molecule has 2 N–H and O–H groups in total. The lowest BCUT2D eigenvalue weighted by Gasteiger charge is -2.19. The number of halogens is 1. The Kier molecular flexibility index (Phi) is 8.11. The highest BCUT2D eigenvalue weighted by atomic mass is 32.2. The number of benzene rings is 3. The summed E-state index contributed by atoms with van der Waals surface area (Å²) in [7, 11) is -2.66. The summed E-state index contributed by atoms with van der Waals surface area (Å²) in [4.78, 5) is 12.5. The molecule has 0 spiro atoms. The summed E-state index contributed by atoms with van der Waals surface area (Å²) in [5.74, 6) is -0.190. The second-order valence-corrected chi connectivity index (χ2v) is 9.74. The topological polar surface area (TPSA) is 84.5 Å². The zero-order valence-electron chi connectivity index (χ0n) is 17.8. The molecule has 1 unspecified atom stereocenters. The standard InChI is InChI=1S/C23H25FN2O4S2/c1-30-21-12-11-16-7-3-4-8-17(16)18(21)15-25-23(27)20(13-14-31-2)26-32(28,29)22-10-6-5-9-19(22)24/h3-12,20,26H,13-15H2,1-2H3,(H,25,27). The molecular weight excluding hydrogens is 451 g/mol. The van der Waals surface area contributed by atoms with Crippen LogP contribution in [0, 0.1) is 5.82 Å². The lowest BCUT2D eigenvalue weighted by atomic mass is 10.0. The van der Waals surface area contributed by atoms with Gasteiger partial charge in [-0.2, -0.15) is 16.5 Å². The van der Waals surface area contributed by atoms with E-state index in [2.05, 4.69) is 10.0 Å². The molecule has 3 rings (SSSR count).